The van der Waals surface area contributed by atoms with E-state index < -0.39 is 17.8 Å². The number of carbonyl (C=O) groups excluding carboxylic acids is 2. The summed E-state index contributed by atoms with van der Waals surface area (Å²) in [6.45, 7) is 0. The molecule has 2 unspecified atom stereocenters. The Hall–Kier alpha value is -1.83. The zero-order valence-corrected chi connectivity index (χ0v) is 18.7. The number of hydrogen-bond donors (Lipinski definition) is 2. The largest absolute Gasteiger partial charge is 0.481 e. The molecule has 30 heavy (non-hydrogen) atoms. The maximum atomic E-state index is 13.1. The lowest BCUT2D eigenvalue weighted by Gasteiger charge is -2.27. The van der Waals surface area contributed by atoms with E-state index in [2.05, 4.69) is 5.32 Å². The van der Waals surface area contributed by atoms with Gasteiger partial charge in [0.2, 0.25) is 0 Å². The summed E-state index contributed by atoms with van der Waals surface area (Å²) in [5, 5.41) is 13.0. The summed E-state index contributed by atoms with van der Waals surface area (Å²) in [6.07, 6.45) is 3.81. The van der Waals surface area contributed by atoms with Gasteiger partial charge in [0, 0.05) is 33.7 Å². The maximum absolute atomic E-state index is 13.1. The standard InChI is InChI=1S/C22H22ClNO4S2/c23-12-5-7-13(8-6-12)24-20(26)19-16-9-10-29-22(16)30-18(19)11-17(25)14-3-1-2-4-15(14)21(27)28/h5-8,14-15H,1-4,9-11H2,(H,24,26)(H,27,28). The first kappa shape index (κ1) is 21.4. The normalized spacial score (nSPS) is 20.6. The molecule has 0 radical (unpaired) electrons. The van der Waals surface area contributed by atoms with Gasteiger partial charge in [0.1, 0.15) is 5.78 Å². The number of thioether (sulfide) groups is 1. The van der Waals surface area contributed by atoms with Crippen molar-refractivity contribution in [2.45, 2.75) is 42.7 Å². The molecule has 8 heteroatoms. The number of carbonyl (C=O) groups is 3. The first-order valence-electron chi connectivity index (χ1n) is 10.0. The Morgan fingerprint density at radius 2 is 1.80 bits per heavy atom. The van der Waals surface area contributed by atoms with Crippen LogP contribution in [-0.4, -0.2) is 28.5 Å². The number of nitrogens with one attached hydrogen (secondary N) is 1. The molecule has 0 spiro atoms. The zero-order valence-electron chi connectivity index (χ0n) is 16.3. The van der Waals surface area contributed by atoms with E-state index in [0.717, 1.165) is 39.7 Å². The number of aliphatic carboxylic acids is 1. The molecule has 2 aromatic rings. The molecule has 1 aromatic carbocycles. The van der Waals surface area contributed by atoms with Crippen LogP contribution in [0.1, 0.15) is 46.5 Å². The highest BCUT2D eigenvalue weighted by atomic mass is 35.5. The second-order valence-corrected chi connectivity index (χ2v) is 10.6. The molecule has 2 aliphatic rings. The van der Waals surface area contributed by atoms with Crippen LogP contribution in [0.4, 0.5) is 5.69 Å². The van der Waals surface area contributed by atoms with E-state index >= 15 is 0 Å². The minimum Gasteiger partial charge on any atom is -0.481 e. The molecule has 0 bridgehead atoms. The van der Waals surface area contributed by atoms with Crippen molar-refractivity contribution in [1.82, 2.24) is 0 Å². The van der Waals surface area contributed by atoms with Gasteiger partial charge in [-0.25, -0.2) is 0 Å². The van der Waals surface area contributed by atoms with Crippen molar-refractivity contribution in [3.63, 3.8) is 0 Å². The number of rotatable bonds is 6. The van der Waals surface area contributed by atoms with Crippen LogP contribution in [0.25, 0.3) is 0 Å². The van der Waals surface area contributed by atoms with Crippen LogP contribution in [-0.2, 0) is 22.4 Å². The van der Waals surface area contributed by atoms with Crippen molar-refractivity contribution in [2.24, 2.45) is 11.8 Å². The Kier molecular flexibility index (Phi) is 6.51. The van der Waals surface area contributed by atoms with E-state index in [-0.39, 0.29) is 18.1 Å². The summed E-state index contributed by atoms with van der Waals surface area (Å²) in [5.41, 5.74) is 2.24. The molecule has 4 rings (SSSR count). The van der Waals surface area contributed by atoms with Crippen molar-refractivity contribution >= 4 is 58.0 Å². The van der Waals surface area contributed by atoms with E-state index in [1.807, 2.05) is 0 Å². The molecule has 2 heterocycles. The SMILES string of the molecule is O=C(Nc1ccc(Cl)cc1)c1c(CC(=O)C2CCCCC2C(=O)O)sc2c1CCS2. The van der Waals surface area contributed by atoms with Crippen molar-refractivity contribution in [2.75, 3.05) is 11.1 Å². The number of carboxylic acid groups (broad SMARTS) is 1. The quantitative estimate of drug-likeness (QED) is 0.606. The summed E-state index contributed by atoms with van der Waals surface area (Å²) >= 11 is 9.14. The first-order valence-corrected chi connectivity index (χ1v) is 12.2. The molecule has 0 saturated heterocycles. The van der Waals surface area contributed by atoms with Crippen LogP contribution in [0.3, 0.4) is 0 Å². The van der Waals surface area contributed by atoms with Gasteiger partial charge in [0.05, 0.1) is 15.7 Å². The summed E-state index contributed by atoms with van der Waals surface area (Å²) in [4.78, 5) is 38.5. The summed E-state index contributed by atoms with van der Waals surface area (Å²) < 4.78 is 1.09. The minimum atomic E-state index is -0.891. The van der Waals surface area contributed by atoms with Gasteiger partial charge in [-0.2, -0.15) is 0 Å². The van der Waals surface area contributed by atoms with Gasteiger partial charge in [0.15, 0.2) is 0 Å². The van der Waals surface area contributed by atoms with Gasteiger partial charge < -0.3 is 10.4 Å². The molecule has 158 valence electrons. The molecular weight excluding hydrogens is 442 g/mol. The number of halogens is 1. The third-order valence-electron chi connectivity index (χ3n) is 5.79. The fourth-order valence-electron chi connectivity index (χ4n) is 4.30. The smallest absolute Gasteiger partial charge is 0.307 e. The number of ketones is 1. The summed E-state index contributed by atoms with van der Waals surface area (Å²) in [5.74, 6) is -1.32. The van der Waals surface area contributed by atoms with Crippen molar-refractivity contribution in [1.29, 1.82) is 0 Å². The Bertz CT molecular complexity index is 986. The number of benzene rings is 1. The number of Topliss-reactive ketones (excluding diaryl/α,β-unsaturated/α-hetero) is 1. The third kappa shape index (κ3) is 4.43. The van der Waals surface area contributed by atoms with Gasteiger partial charge in [-0.15, -0.1) is 23.1 Å². The number of amides is 1. The van der Waals surface area contributed by atoms with Gasteiger partial charge in [-0.3, -0.25) is 14.4 Å². The number of fused-ring (bicyclic) bond motifs is 1. The van der Waals surface area contributed by atoms with Crippen LogP contribution in [0.5, 0.6) is 0 Å². The molecular formula is C22H22ClNO4S2. The van der Waals surface area contributed by atoms with E-state index in [9.17, 15) is 19.5 Å². The van der Waals surface area contributed by atoms with E-state index in [4.69, 9.17) is 11.6 Å². The lowest BCUT2D eigenvalue weighted by molar-refractivity contribution is -0.148. The minimum absolute atomic E-state index is 0.0624. The van der Waals surface area contributed by atoms with Crippen molar-refractivity contribution in [3.05, 3.63) is 45.3 Å². The second-order valence-electron chi connectivity index (χ2n) is 7.70. The lowest BCUT2D eigenvalue weighted by atomic mass is 9.76. The fraction of sp³-hybridized carbons (Fsp3) is 0.409. The molecule has 1 amide bonds. The van der Waals surface area contributed by atoms with Crippen LogP contribution < -0.4 is 5.32 Å². The Balaban J connectivity index is 1.58. The van der Waals surface area contributed by atoms with E-state index in [1.165, 1.54) is 11.3 Å². The summed E-state index contributed by atoms with van der Waals surface area (Å²) in [7, 11) is 0. The number of carboxylic acids is 1. The van der Waals surface area contributed by atoms with Crippen molar-refractivity contribution in [3.8, 4) is 0 Å². The zero-order chi connectivity index (χ0) is 21.3. The highest BCUT2D eigenvalue weighted by Crippen LogP contribution is 2.43. The second kappa shape index (κ2) is 9.12. The molecule has 2 atom stereocenters. The average Bonchev–Trinajstić information content (AvgIpc) is 3.30. The van der Waals surface area contributed by atoms with Gasteiger partial charge in [-0.1, -0.05) is 24.4 Å². The van der Waals surface area contributed by atoms with Crippen LogP contribution >= 0.6 is 34.7 Å². The lowest BCUT2D eigenvalue weighted by Crippen LogP contribution is -2.33. The van der Waals surface area contributed by atoms with Crippen LogP contribution in [0.15, 0.2) is 28.5 Å². The average molecular weight is 464 g/mol. The molecule has 1 fully saturated rings. The van der Waals surface area contributed by atoms with Gasteiger partial charge in [-0.05, 0) is 49.1 Å². The van der Waals surface area contributed by atoms with Crippen LogP contribution in [0, 0.1) is 11.8 Å². The Morgan fingerprint density at radius 3 is 2.50 bits per heavy atom. The van der Waals surface area contributed by atoms with Gasteiger partial charge >= 0.3 is 5.97 Å². The monoisotopic (exact) mass is 463 g/mol. The molecule has 1 aliphatic heterocycles. The van der Waals surface area contributed by atoms with Gasteiger partial charge in [0.25, 0.3) is 5.91 Å². The number of thiophene rings is 1. The fourth-order valence-corrected chi connectivity index (χ4v) is 7.17. The highest BCUT2D eigenvalue weighted by molar-refractivity contribution is 8.01. The molecule has 1 saturated carbocycles. The number of anilines is 1. The topological polar surface area (TPSA) is 83.5 Å². The van der Waals surface area contributed by atoms with Crippen molar-refractivity contribution < 1.29 is 19.5 Å². The number of hydrogen-bond acceptors (Lipinski definition) is 5. The van der Waals surface area contributed by atoms with E-state index in [0.29, 0.717) is 29.1 Å². The van der Waals surface area contributed by atoms with E-state index in [1.54, 1.807) is 36.0 Å². The maximum Gasteiger partial charge on any atom is 0.307 e. The first-order chi connectivity index (χ1) is 14.4. The third-order valence-corrected chi connectivity index (χ3v) is 8.59. The predicted molar refractivity (Wildman–Crippen MR) is 120 cm³/mol. The van der Waals surface area contributed by atoms with Crippen LogP contribution in [0.2, 0.25) is 5.02 Å². The molecule has 1 aromatic heterocycles. The molecule has 5 nitrogen and oxygen atoms in total. The summed E-state index contributed by atoms with van der Waals surface area (Å²) in [6, 6.07) is 6.91. The Morgan fingerprint density at radius 1 is 1.10 bits per heavy atom. The Labute approximate surface area is 188 Å². The molecule has 2 N–H and O–H groups in total. The predicted octanol–water partition coefficient (Wildman–Crippen LogP) is 5.30. The highest BCUT2D eigenvalue weighted by Gasteiger charge is 2.37. The molecule has 1 aliphatic carbocycles.